The molecule has 3 nitrogen and oxygen atoms in total. The summed E-state index contributed by atoms with van der Waals surface area (Å²) in [7, 11) is 0. The van der Waals surface area contributed by atoms with Crippen molar-refractivity contribution in [1.82, 2.24) is 10.6 Å². The summed E-state index contributed by atoms with van der Waals surface area (Å²) in [6.07, 6.45) is 2.21. The monoisotopic (exact) mass is 244 g/mol. The third kappa shape index (κ3) is 3.11. The lowest BCUT2D eigenvalue weighted by Gasteiger charge is -2.12. The number of nitrogens with one attached hydrogen (secondary N) is 2. The number of carbonyl (C=O) groups is 1. The molecule has 0 saturated heterocycles. The number of carbonyl (C=O) groups excluding carboxylic acids is 1. The molecule has 1 heterocycles. The fourth-order valence-electron chi connectivity index (χ4n) is 1.28. The maximum absolute atomic E-state index is 11.4. The van der Waals surface area contributed by atoms with Gasteiger partial charge in [-0.2, -0.15) is 0 Å². The van der Waals surface area contributed by atoms with Crippen LogP contribution in [0.5, 0.6) is 0 Å². The number of urea groups is 1. The van der Waals surface area contributed by atoms with Gasteiger partial charge < -0.3 is 10.6 Å². The third-order valence-corrected chi connectivity index (χ3v) is 3.69. The molecule has 2 N–H and O–H groups in total. The molecule has 0 spiro atoms. The molecule has 1 aliphatic rings. The maximum Gasteiger partial charge on any atom is 0.315 e. The molecule has 0 aromatic carbocycles. The molecular weight excluding hydrogens is 232 g/mol. The van der Waals surface area contributed by atoms with E-state index in [9.17, 15) is 4.79 Å². The molecule has 2 rings (SSSR count). The highest BCUT2D eigenvalue weighted by molar-refractivity contribution is 7.16. The molecule has 0 bridgehead atoms. The number of hydrogen-bond donors (Lipinski definition) is 2. The first-order chi connectivity index (χ1) is 7.15. The van der Waals surface area contributed by atoms with E-state index < -0.39 is 0 Å². The lowest BCUT2D eigenvalue weighted by atomic mass is 10.3. The molecule has 1 aliphatic carbocycles. The summed E-state index contributed by atoms with van der Waals surface area (Å²) in [5.74, 6) is 0. The van der Waals surface area contributed by atoms with Crippen LogP contribution < -0.4 is 10.6 Å². The molecule has 2 amide bonds. The topological polar surface area (TPSA) is 41.1 Å². The van der Waals surface area contributed by atoms with E-state index in [1.807, 2.05) is 19.1 Å². The highest BCUT2D eigenvalue weighted by Gasteiger charge is 2.23. The van der Waals surface area contributed by atoms with Crippen molar-refractivity contribution in [2.75, 3.05) is 0 Å². The van der Waals surface area contributed by atoms with Crippen LogP contribution in [0.25, 0.3) is 0 Å². The Kier molecular flexibility index (Phi) is 3.17. The van der Waals surface area contributed by atoms with Crippen LogP contribution in [-0.4, -0.2) is 12.1 Å². The van der Waals surface area contributed by atoms with Crippen molar-refractivity contribution in [3.05, 3.63) is 21.3 Å². The Bertz CT molecular complexity index is 362. The molecule has 1 aromatic rings. The second-order valence-corrected chi connectivity index (χ2v) is 5.50. The minimum Gasteiger partial charge on any atom is -0.335 e. The van der Waals surface area contributed by atoms with Gasteiger partial charge >= 0.3 is 6.03 Å². The van der Waals surface area contributed by atoms with Crippen LogP contribution in [0.15, 0.2) is 12.1 Å². The van der Waals surface area contributed by atoms with Crippen LogP contribution in [-0.2, 0) is 0 Å². The number of halogens is 1. The van der Waals surface area contributed by atoms with E-state index in [1.165, 1.54) is 11.3 Å². The Hall–Kier alpha value is -0.740. The second kappa shape index (κ2) is 4.41. The summed E-state index contributed by atoms with van der Waals surface area (Å²) in [4.78, 5) is 12.5. The Balaban J connectivity index is 1.85. The lowest BCUT2D eigenvalue weighted by Crippen LogP contribution is -2.37. The Morgan fingerprint density at radius 1 is 1.60 bits per heavy atom. The summed E-state index contributed by atoms with van der Waals surface area (Å²) in [6, 6.07) is 4.10. The van der Waals surface area contributed by atoms with E-state index in [-0.39, 0.29) is 12.1 Å². The quantitative estimate of drug-likeness (QED) is 0.844. The standard InChI is InChI=1S/C10H13ClN2OS/c1-6(8-4-5-9(11)15-8)12-10(14)13-7-2-3-7/h4-7H,2-3H2,1H3,(H2,12,13,14)/t6-/m1/s1. The van der Waals surface area contributed by atoms with Crippen molar-refractivity contribution < 1.29 is 4.79 Å². The van der Waals surface area contributed by atoms with Gasteiger partial charge in [-0.1, -0.05) is 11.6 Å². The van der Waals surface area contributed by atoms with Gasteiger partial charge in [0.2, 0.25) is 0 Å². The zero-order valence-corrected chi connectivity index (χ0v) is 9.99. The van der Waals surface area contributed by atoms with Crippen molar-refractivity contribution in [3.63, 3.8) is 0 Å². The van der Waals surface area contributed by atoms with Gasteiger partial charge in [0.25, 0.3) is 0 Å². The van der Waals surface area contributed by atoms with E-state index in [0.717, 1.165) is 22.1 Å². The molecule has 0 aliphatic heterocycles. The SMILES string of the molecule is C[C@@H](NC(=O)NC1CC1)c1ccc(Cl)s1. The minimum atomic E-state index is -0.0884. The summed E-state index contributed by atoms with van der Waals surface area (Å²) in [5, 5.41) is 5.77. The maximum atomic E-state index is 11.4. The average Bonchev–Trinajstić information content (AvgIpc) is 2.85. The Morgan fingerprint density at radius 3 is 2.87 bits per heavy atom. The van der Waals surface area contributed by atoms with Gasteiger partial charge in [-0.15, -0.1) is 11.3 Å². The first-order valence-electron chi connectivity index (χ1n) is 4.97. The predicted molar refractivity (Wildman–Crippen MR) is 62.4 cm³/mol. The van der Waals surface area contributed by atoms with Gasteiger partial charge in [0, 0.05) is 10.9 Å². The Morgan fingerprint density at radius 2 is 2.33 bits per heavy atom. The summed E-state index contributed by atoms with van der Waals surface area (Å²) < 4.78 is 0.751. The second-order valence-electron chi connectivity index (χ2n) is 3.76. The number of rotatable bonds is 3. The molecule has 15 heavy (non-hydrogen) atoms. The fourth-order valence-corrected chi connectivity index (χ4v) is 2.35. The lowest BCUT2D eigenvalue weighted by molar-refractivity contribution is 0.237. The summed E-state index contributed by atoms with van der Waals surface area (Å²) in [6.45, 7) is 1.95. The molecule has 0 unspecified atom stereocenters. The van der Waals surface area contributed by atoms with E-state index in [0.29, 0.717) is 6.04 Å². The van der Waals surface area contributed by atoms with Crippen LogP contribution in [0, 0.1) is 0 Å². The van der Waals surface area contributed by atoms with Crippen molar-refractivity contribution in [1.29, 1.82) is 0 Å². The van der Waals surface area contributed by atoms with E-state index in [1.54, 1.807) is 0 Å². The highest BCUT2D eigenvalue weighted by atomic mass is 35.5. The van der Waals surface area contributed by atoms with Crippen LogP contribution >= 0.6 is 22.9 Å². The molecule has 1 aromatic heterocycles. The normalized spacial score (nSPS) is 17.2. The van der Waals surface area contributed by atoms with Crippen molar-refractivity contribution >= 4 is 29.0 Å². The summed E-state index contributed by atoms with van der Waals surface area (Å²) in [5.41, 5.74) is 0. The van der Waals surface area contributed by atoms with Crippen LogP contribution in [0.2, 0.25) is 4.34 Å². The molecule has 1 saturated carbocycles. The molecule has 1 atom stereocenters. The smallest absolute Gasteiger partial charge is 0.315 e. The first kappa shape index (κ1) is 10.8. The molecular formula is C10H13ClN2OS. The van der Waals surface area contributed by atoms with Crippen LogP contribution in [0.3, 0.4) is 0 Å². The van der Waals surface area contributed by atoms with Gasteiger partial charge in [-0.3, -0.25) is 0 Å². The van der Waals surface area contributed by atoms with Crippen molar-refractivity contribution in [3.8, 4) is 0 Å². The fraction of sp³-hybridized carbons (Fsp3) is 0.500. The molecule has 0 radical (unpaired) electrons. The largest absolute Gasteiger partial charge is 0.335 e. The Labute approximate surface area is 97.8 Å². The number of amides is 2. The van der Waals surface area contributed by atoms with Crippen LogP contribution in [0.1, 0.15) is 30.7 Å². The van der Waals surface area contributed by atoms with Gasteiger partial charge in [0.15, 0.2) is 0 Å². The van der Waals surface area contributed by atoms with E-state index in [4.69, 9.17) is 11.6 Å². The van der Waals surface area contributed by atoms with E-state index in [2.05, 4.69) is 10.6 Å². The summed E-state index contributed by atoms with van der Waals surface area (Å²) >= 11 is 7.32. The molecule has 5 heteroatoms. The van der Waals surface area contributed by atoms with Gasteiger partial charge in [0.1, 0.15) is 0 Å². The van der Waals surface area contributed by atoms with Gasteiger partial charge in [-0.05, 0) is 31.9 Å². The van der Waals surface area contributed by atoms with Gasteiger partial charge in [-0.25, -0.2) is 4.79 Å². The third-order valence-electron chi connectivity index (χ3n) is 2.28. The van der Waals surface area contributed by atoms with E-state index >= 15 is 0 Å². The predicted octanol–water partition coefficient (Wildman–Crippen LogP) is 2.92. The van der Waals surface area contributed by atoms with Crippen molar-refractivity contribution in [2.24, 2.45) is 0 Å². The average molecular weight is 245 g/mol. The molecule has 1 fully saturated rings. The minimum absolute atomic E-state index is 0.0150. The zero-order chi connectivity index (χ0) is 10.8. The zero-order valence-electron chi connectivity index (χ0n) is 8.42. The van der Waals surface area contributed by atoms with Crippen molar-refractivity contribution in [2.45, 2.75) is 31.8 Å². The highest BCUT2D eigenvalue weighted by Crippen LogP contribution is 2.26. The van der Waals surface area contributed by atoms with Gasteiger partial charge in [0.05, 0.1) is 10.4 Å². The number of thiophene rings is 1. The molecule has 82 valence electrons. The first-order valence-corrected chi connectivity index (χ1v) is 6.17. The number of hydrogen-bond acceptors (Lipinski definition) is 2. The van der Waals surface area contributed by atoms with Crippen LogP contribution in [0.4, 0.5) is 4.79 Å².